The van der Waals surface area contributed by atoms with E-state index in [1.165, 1.54) is 44.3 Å². The van der Waals surface area contributed by atoms with Crippen LogP contribution in [0.2, 0.25) is 0 Å². The number of likely N-dealkylation sites (tertiary alicyclic amines) is 1. The molecule has 3 aromatic heterocycles. The lowest BCUT2D eigenvalue weighted by Crippen LogP contribution is -2.32. The van der Waals surface area contributed by atoms with Crippen molar-refractivity contribution in [3.8, 4) is 11.1 Å². The highest BCUT2D eigenvalue weighted by Crippen LogP contribution is 2.29. The fraction of sp³-hybridized carbons (Fsp3) is 0.406. The summed E-state index contributed by atoms with van der Waals surface area (Å²) >= 11 is 0. The van der Waals surface area contributed by atoms with Gasteiger partial charge in [-0.2, -0.15) is 5.10 Å². The third-order valence-corrected chi connectivity index (χ3v) is 7.65. The third kappa shape index (κ3) is 6.87. The number of hydrogen-bond donors (Lipinski definition) is 2. The monoisotopic (exact) mass is 538 g/mol. The lowest BCUT2D eigenvalue weighted by molar-refractivity contribution is 0.277. The number of anilines is 2. The number of H-pyrrole nitrogens is 1. The van der Waals surface area contributed by atoms with Crippen molar-refractivity contribution >= 4 is 28.1 Å². The average Bonchev–Trinajstić information content (AvgIpc) is 3.22. The van der Waals surface area contributed by atoms with E-state index < -0.39 is 0 Å². The molecule has 2 N–H and O–H groups in total. The van der Waals surface area contributed by atoms with Gasteiger partial charge in [0.15, 0.2) is 0 Å². The van der Waals surface area contributed by atoms with E-state index in [1.807, 2.05) is 24.7 Å². The highest BCUT2D eigenvalue weighted by molar-refractivity contribution is 5.95. The number of fused-ring (bicyclic) bond motifs is 1. The molecule has 0 radical (unpaired) electrons. The SMILES string of the molecule is C=C(Nc1ccc(N(CC)CCN(C)C)nc1)c1n[nH]c2ccc(-c3cncc(CN4CCCCCC4)c3)cc12. The number of aromatic amines is 1. The summed E-state index contributed by atoms with van der Waals surface area (Å²) in [6.45, 7) is 12.6. The van der Waals surface area contributed by atoms with Gasteiger partial charge in [0, 0.05) is 49.5 Å². The molecule has 1 fully saturated rings. The molecule has 0 bridgehead atoms. The summed E-state index contributed by atoms with van der Waals surface area (Å²) in [6, 6.07) is 12.8. The Morgan fingerprint density at radius 3 is 2.52 bits per heavy atom. The molecule has 4 heterocycles. The maximum atomic E-state index is 4.70. The average molecular weight is 539 g/mol. The number of pyridine rings is 2. The number of benzene rings is 1. The number of hydrogen-bond acceptors (Lipinski definition) is 7. The van der Waals surface area contributed by atoms with Crippen LogP contribution in [0.25, 0.3) is 27.7 Å². The Morgan fingerprint density at radius 1 is 0.975 bits per heavy atom. The van der Waals surface area contributed by atoms with Crippen LogP contribution in [0, 0.1) is 0 Å². The normalized spacial score (nSPS) is 14.4. The second-order valence-corrected chi connectivity index (χ2v) is 11.0. The summed E-state index contributed by atoms with van der Waals surface area (Å²) < 4.78 is 0. The van der Waals surface area contributed by atoms with E-state index in [4.69, 9.17) is 4.98 Å². The molecule has 5 rings (SSSR count). The highest BCUT2D eigenvalue weighted by Gasteiger charge is 2.14. The molecule has 4 aromatic rings. The molecule has 0 amide bonds. The molecule has 0 atom stereocenters. The summed E-state index contributed by atoms with van der Waals surface area (Å²) in [4.78, 5) is 16.3. The van der Waals surface area contributed by atoms with Crippen LogP contribution in [0.5, 0.6) is 0 Å². The van der Waals surface area contributed by atoms with Gasteiger partial charge in [0.25, 0.3) is 0 Å². The third-order valence-electron chi connectivity index (χ3n) is 7.65. The predicted octanol–water partition coefficient (Wildman–Crippen LogP) is 5.87. The van der Waals surface area contributed by atoms with Crippen molar-refractivity contribution in [2.75, 3.05) is 57.0 Å². The molecular weight excluding hydrogens is 496 g/mol. The van der Waals surface area contributed by atoms with Crippen molar-refractivity contribution in [1.29, 1.82) is 0 Å². The van der Waals surface area contributed by atoms with Crippen LogP contribution in [-0.2, 0) is 6.54 Å². The first kappa shape index (κ1) is 27.8. The Morgan fingerprint density at radius 2 is 1.80 bits per heavy atom. The van der Waals surface area contributed by atoms with Crippen LogP contribution in [0.15, 0.2) is 61.6 Å². The summed E-state index contributed by atoms with van der Waals surface area (Å²) in [7, 11) is 4.18. The molecule has 8 nitrogen and oxygen atoms in total. The lowest BCUT2D eigenvalue weighted by Gasteiger charge is -2.24. The first-order chi connectivity index (χ1) is 19.5. The van der Waals surface area contributed by atoms with E-state index in [0.29, 0.717) is 0 Å². The van der Waals surface area contributed by atoms with Crippen LogP contribution >= 0.6 is 0 Å². The molecule has 1 aromatic carbocycles. The number of rotatable bonds is 11. The van der Waals surface area contributed by atoms with Crippen LogP contribution in [0.4, 0.5) is 11.5 Å². The van der Waals surface area contributed by atoms with Gasteiger partial charge < -0.3 is 15.1 Å². The molecule has 1 aliphatic heterocycles. The molecule has 1 saturated heterocycles. The number of likely N-dealkylation sites (N-methyl/N-ethyl adjacent to an activating group) is 2. The summed E-state index contributed by atoms with van der Waals surface area (Å²) in [5.74, 6) is 0.974. The molecule has 0 aliphatic carbocycles. The molecular formula is C32H42N8. The summed E-state index contributed by atoms with van der Waals surface area (Å²) in [5.41, 5.74) is 6.89. The molecule has 40 heavy (non-hydrogen) atoms. The van der Waals surface area contributed by atoms with Crippen LogP contribution in [0.1, 0.15) is 43.9 Å². The Labute approximate surface area is 238 Å². The van der Waals surface area contributed by atoms with Crippen molar-refractivity contribution in [3.63, 3.8) is 0 Å². The lowest BCUT2D eigenvalue weighted by atomic mass is 10.0. The maximum absolute atomic E-state index is 4.70. The van der Waals surface area contributed by atoms with Crippen LogP contribution < -0.4 is 10.2 Å². The van der Waals surface area contributed by atoms with Crippen LogP contribution in [0.3, 0.4) is 0 Å². The van der Waals surface area contributed by atoms with E-state index >= 15 is 0 Å². The van der Waals surface area contributed by atoms with Crippen molar-refractivity contribution in [1.82, 2.24) is 30.0 Å². The Kier molecular flexibility index (Phi) is 9.08. The second-order valence-electron chi connectivity index (χ2n) is 11.0. The molecule has 1 aliphatic rings. The van der Waals surface area contributed by atoms with Gasteiger partial charge in [0.1, 0.15) is 11.5 Å². The quantitative estimate of drug-likeness (QED) is 0.247. The van der Waals surface area contributed by atoms with Gasteiger partial charge in [-0.15, -0.1) is 0 Å². The second kappa shape index (κ2) is 13.1. The van der Waals surface area contributed by atoms with E-state index in [0.717, 1.165) is 71.1 Å². The van der Waals surface area contributed by atoms with Gasteiger partial charge in [0.05, 0.1) is 23.1 Å². The van der Waals surface area contributed by atoms with Gasteiger partial charge in [0.2, 0.25) is 0 Å². The van der Waals surface area contributed by atoms with Gasteiger partial charge >= 0.3 is 0 Å². The topological polar surface area (TPSA) is 76.2 Å². The van der Waals surface area contributed by atoms with Crippen molar-refractivity contribution in [2.24, 2.45) is 0 Å². The molecule has 8 heteroatoms. The molecule has 0 unspecified atom stereocenters. The van der Waals surface area contributed by atoms with Gasteiger partial charge in [-0.25, -0.2) is 4.98 Å². The fourth-order valence-corrected chi connectivity index (χ4v) is 5.34. The van der Waals surface area contributed by atoms with Gasteiger partial charge in [-0.1, -0.05) is 25.5 Å². The van der Waals surface area contributed by atoms with E-state index in [1.54, 1.807) is 0 Å². The highest BCUT2D eigenvalue weighted by atomic mass is 15.2. The van der Waals surface area contributed by atoms with Crippen LogP contribution in [-0.4, -0.2) is 76.8 Å². The molecule has 210 valence electrons. The maximum Gasteiger partial charge on any atom is 0.128 e. The van der Waals surface area contributed by atoms with Crippen molar-refractivity contribution in [3.05, 3.63) is 72.8 Å². The smallest absolute Gasteiger partial charge is 0.128 e. The predicted molar refractivity (Wildman–Crippen MR) is 166 cm³/mol. The first-order valence-electron chi connectivity index (χ1n) is 14.5. The largest absolute Gasteiger partial charge is 0.356 e. The standard InChI is InChI=1S/C32H42N8/c1-5-40(17-16-38(3)4)31-13-11-28(22-34-31)35-24(2)32-29-19-26(10-12-30(29)36-37-32)27-18-25(20-33-21-27)23-39-14-8-6-7-9-15-39/h10-13,18-22,35H,2,5-9,14-17,23H2,1,3-4H3,(H,36,37). The Bertz CT molecular complexity index is 1400. The van der Waals surface area contributed by atoms with E-state index in [2.05, 4.69) is 93.1 Å². The Hall–Kier alpha value is -3.75. The zero-order valence-corrected chi connectivity index (χ0v) is 24.2. The van der Waals surface area contributed by atoms with Crippen molar-refractivity contribution in [2.45, 2.75) is 39.2 Å². The van der Waals surface area contributed by atoms with E-state index in [-0.39, 0.29) is 0 Å². The van der Waals surface area contributed by atoms with E-state index in [9.17, 15) is 0 Å². The minimum atomic E-state index is 0.728. The number of nitrogens with one attached hydrogen (secondary N) is 2. The first-order valence-corrected chi connectivity index (χ1v) is 14.5. The van der Waals surface area contributed by atoms with Crippen molar-refractivity contribution < 1.29 is 0 Å². The molecule has 0 saturated carbocycles. The van der Waals surface area contributed by atoms with Gasteiger partial charge in [-0.05, 0) is 88.4 Å². The van der Waals surface area contributed by atoms with Gasteiger partial charge in [-0.3, -0.25) is 15.0 Å². The Balaban J connectivity index is 1.30. The summed E-state index contributed by atoms with van der Waals surface area (Å²) in [6.07, 6.45) is 11.1. The zero-order chi connectivity index (χ0) is 27.9. The summed E-state index contributed by atoms with van der Waals surface area (Å²) in [5, 5.41) is 12.2. The fourth-order valence-electron chi connectivity index (χ4n) is 5.34. The minimum absolute atomic E-state index is 0.728. The molecule has 0 spiro atoms. The minimum Gasteiger partial charge on any atom is -0.356 e. The number of nitrogens with zero attached hydrogens (tertiary/aromatic N) is 6. The number of aromatic nitrogens is 4. The zero-order valence-electron chi connectivity index (χ0n) is 24.2.